The molecule has 2 aromatic carbocycles. The van der Waals surface area contributed by atoms with Gasteiger partial charge < -0.3 is 69.6 Å². The molecule has 0 saturated carbocycles. The first-order valence-electron chi connectivity index (χ1n) is 12.4. The van der Waals surface area contributed by atoms with Gasteiger partial charge in [0.25, 0.3) is 11.9 Å². The molecule has 40 heavy (non-hydrogen) atoms. The summed E-state index contributed by atoms with van der Waals surface area (Å²) in [6.45, 7) is -1.10. The molecule has 0 aliphatic carbocycles. The SMILES string of the molecule is OC[C@@H]1O[C@@H](OC2=Cc3c(O)cc(O)cc3[OH+]C2c2ccc(O)cc2)[C@H](O[C@@H]2OC[C@H](O)[C@H](O)[C@@H]2O)[C@H](O)[C@@H]1O. The lowest BCUT2D eigenvalue weighted by atomic mass is 9.98. The summed E-state index contributed by atoms with van der Waals surface area (Å²) < 4.78 is 27.4. The summed E-state index contributed by atoms with van der Waals surface area (Å²) in [5.74, 6) is -0.259. The summed E-state index contributed by atoms with van der Waals surface area (Å²) in [6.07, 6.45) is -13.6. The summed E-state index contributed by atoms with van der Waals surface area (Å²) >= 11 is 0. The Kier molecular flexibility index (Phi) is 8.05. The number of fused-ring (bicyclic) bond motifs is 1. The molecule has 14 heteroatoms. The highest BCUT2D eigenvalue weighted by Gasteiger charge is 2.51. The van der Waals surface area contributed by atoms with Crippen LogP contribution in [0.3, 0.4) is 0 Å². The van der Waals surface area contributed by atoms with Gasteiger partial charge in [-0.15, -0.1) is 0 Å². The lowest BCUT2D eigenvalue weighted by Gasteiger charge is -2.45. The first-order chi connectivity index (χ1) is 19.1. The Hall–Kier alpha value is -3.18. The number of hydrogen-bond acceptors (Lipinski definition) is 13. The topological polar surface area (TPSA) is 232 Å². The van der Waals surface area contributed by atoms with E-state index < -0.39 is 74.6 Å². The van der Waals surface area contributed by atoms with Gasteiger partial charge in [-0.25, -0.2) is 0 Å². The summed E-state index contributed by atoms with van der Waals surface area (Å²) in [5, 5.41) is 91.4. The molecule has 2 saturated heterocycles. The van der Waals surface area contributed by atoms with Crippen molar-refractivity contribution in [2.24, 2.45) is 0 Å². The molecule has 3 heterocycles. The van der Waals surface area contributed by atoms with Crippen molar-refractivity contribution in [3.8, 4) is 23.0 Å². The molecule has 10 atom stereocenters. The van der Waals surface area contributed by atoms with Crippen LogP contribution in [0.5, 0.6) is 23.0 Å². The van der Waals surface area contributed by atoms with Crippen LogP contribution < -0.4 is 0 Å². The van der Waals surface area contributed by atoms with E-state index in [-0.39, 0.29) is 34.3 Å². The van der Waals surface area contributed by atoms with Crippen molar-refractivity contribution >= 4 is 6.08 Å². The average Bonchev–Trinajstić information content (AvgIpc) is 2.93. The third-order valence-corrected chi connectivity index (χ3v) is 6.98. The van der Waals surface area contributed by atoms with Crippen molar-refractivity contribution in [1.82, 2.24) is 0 Å². The number of ether oxygens (including phenoxy) is 5. The average molecular weight is 568 g/mol. The Morgan fingerprint density at radius 1 is 0.850 bits per heavy atom. The molecule has 0 aromatic heterocycles. The summed E-state index contributed by atoms with van der Waals surface area (Å²) in [5.41, 5.74) is 0.715. The van der Waals surface area contributed by atoms with Crippen molar-refractivity contribution in [1.29, 1.82) is 0 Å². The third-order valence-electron chi connectivity index (χ3n) is 6.98. The smallest absolute Gasteiger partial charge is 0.270 e. The molecule has 0 amide bonds. The molecule has 3 aliphatic rings. The van der Waals surface area contributed by atoms with E-state index in [1.165, 1.54) is 24.3 Å². The Morgan fingerprint density at radius 3 is 2.27 bits per heavy atom. The molecule has 2 fully saturated rings. The predicted molar refractivity (Wildman–Crippen MR) is 132 cm³/mol. The summed E-state index contributed by atoms with van der Waals surface area (Å²) in [7, 11) is 0. The van der Waals surface area contributed by atoms with Gasteiger partial charge in [0.05, 0.1) is 24.8 Å². The van der Waals surface area contributed by atoms with Gasteiger partial charge >= 0.3 is 0 Å². The first kappa shape index (κ1) is 28.4. The van der Waals surface area contributed by atoms with Crippen LogP contribution in [-0.2, 0) is 18.9 Å². The number of benzene rings is 2. The zero-order valence-electron chi connectivity index (χ0n) is 20.8. The van der Waals surface area contributed by atoms with Crippen molar-refractivity contribution in [2.75, 3.05) is 13.2 Å². The van der Waals surface area contributed by atoms with Crippen molar-refractivity contribution < 1.29 is 69.6 Å². The monoisotopic (exact) mass is 567 g/mol. The molecule has 5 rings (SSSR count). The maximum atomic E-state index is 10.9. The minimum absolute atomic E-state index is 0.00739. The van der Waals surface area contributed by atoms with Crippen LogP contribution in [0.25, 0.3) is 6.08 Å². The van der Waals surface area contributed by atoms with Gasteiger partial charge in [-0.3, -0.25) is 0 Å². The highest BCUT2D eigenvalue weighted by atomic mass is 16.8. The maximum absolute atomic E-state index is 10.9. The van der Waals surface area contributed by atoms with E-state index in [0.717, 1.165) is 6.07 Å². The molecule has 2 aromatic rings. The Bertz CT molecular complexity index is 1220. The van der Waals surface area contributed by atoms with Crippen molar-refractivity contribution in [3.63, 3.8) is 0 Å². The van der Waals surface area contributed by atoms with Gasteiger partial charge in [-0.2, -0.15) is 0 Å². The number of phenols is 3. The predicted octanol–water partition coefficient (Wildman–Crippen LogP) is -1.58. The number of aliphatic hydroxyl groups excluding tert-OH is 6. The maximum Gasteiger partial charge on any atom is 0.270 e. The largest absolute Gasteiger partial charge is 0.571 e. The minimum Gasteiger partial charge on any atom is -0.571 e. The van der Waals surface area contributed by atoms with Crippen LogP contribution in [-0.4, -0.2) is 119 Å². The van der Waals surface area contributed by atoms with Crippen LogP contribution >= 0.6 is 0 Å². The number of phenolic OH excluding ortho intramolecular Hbond substituents is 3. The lowest BCUT2D eigenvalue weighted by Crippen LogP contribution is -2.63. The zero-order chi connectivity index (χ0) is 28.7. The normalized spacial score (nSPS) is 35.8. The molecule has 14 nitrogen and oxygen atoms in total. The van der Waals surface area contributed by atoms with Crippen LogP contribution in [0.1, 0.15) is 17.2 Å². The fourth-order valence-corrected chi connectivity index (χ4v) is 4.76. The highest BCUT2D eigenvalue weighted by Crippen LogP contribution is 2.45. The van der Waals surface area contributed by atoms with Gasteiger partial charge in [0, 0.05) is 12.1 Å². The standard InChI is InChI=1S/C26H30O14/c27-8-18-20(33)21(34)24(40-25-22(35)19(32)15(31)9-36-25)26(39-18)38-17-7-13-14(30)5-12(29)6-16(13)37-23(17)10-1-3-11(28)4-2-10/h1-7,15,18-35H,8-9H2/p+1/t15-,18-,19-,20+,21+,22-,23?,24+,25-,26+/m0/s1. The number of aromatic hydroxyl groups is 4. The molecule has 0 spiro atoms. The Morgan fingerprint density at radius 2 is 1.57 bits per heavy atom. The fourth-order valence-electron chi connectivity index (χ4n) is 4.76. The van der Waals surface area contributed by atoms with Crippen LogP contribution in [0.2, 0.25) is 0 Å². The molecular weight excluding hydrogens is 536 g/mol. The second-order valence-corrected chi connectivity index (χ2v) is 9.74. The van der Waals surface area contributed by atoms with Crippen molar-refractivity contribution in [2.45, 2.75) is 61.4 Å². The second-order valence-electron chi connectivity index (χ2n) is 9.74. The fraction of sp³-hybridized carbons (Fsp3) is 0.462. The lowest BCUT2D eigenvalue weighted by molar-refractivity contribution is -0.353. The van der Waals surface area contributed by atoms with E-state index in [0.29, 0.717) is 5.56 Å². The van der Waals surface area contributed by atoms with Crippen LogP contribution in [0.15, 0.2) is 42.2 Å². The Labute approximate surface area is 227 Å². The van der Waals surface area contributed by atoms with Crippen LogP contribution in [0, 0.1) is 0 Å². The van der Waals surface area contributed by atoms with Gasteiger partial charge in [0.15, 0.2) is 18.2 Å². The first-order valence-corrected chi connectivity index (χ1v) is 12.4. The molecule has 10 N–H and O–H groups in total. The van der Waals surface area contributed by atoms with Crippen molar-refractivity contribution in [3.05, 3.63) is 53.3 Å². The molecular formula is C26H31O14+. The Balaban J connectivity index is 1.50. The van der Waals surface area contributed by atoms with Crippen LogP contribution in [0.4, 0.5) is 0 Å². The van der Waals surface area contributed by atoms with E-state index in [9.17, 15) is 46.0 Å². The summed E-state index contributed by atoms with van der Waals surface area (Å²) in [6, 6.07) is 8.42. The summed E-state index contributed by atoms with van der Waals surface area (Å²) in [4.78, 5) is 0. The van der Waals surface area contributed by atoms with E-state index in [4.69, 9.17) is 18.9 Å². The third kappa shape index (κ3) is 5.41. The van der Waals surface area contributed by atoms with Gasteiger partial charge in [-0.05, 0) is 24.3 Å². The number of hydrogen-bond donors (Lipinski definition) is 9. The van der Waals surface area contributed by atoms with E-state index in [1.807, 2.05) is 0 Å². The highest BCUT2D eigenvalue weighted by molar-refractivity contribution is 5.69. The minimum atomic E-state index is -1.73. The zero-order valence-corrected chi connectivity index (χ0v) is 20.8. The van der Waals surface area contributed by atoms with Gasteiger partial charge in [0.2, 0.25) is 6.29 Å². The van der Waals surface area contributed by atoms with E-state index >= 15 is 0 Å². The van der Waals surface area contributed by atoms with E-state index in [2.05, 4.69) is 4.74 Å². The molecule has 0 radical (unpaired) electrons. The van der Waals surface area contributed by atoms with Gasteiger partial charge in [0.1, 0.15) is 59.4 Å². The molecule has 3 aliphatic heterocycles. The van der Waals surface area contributed by atoms with E-state index in [1.54, 1.807) is 12.1 Å². The quantitative estimate of drug-likeness (QED) is 0.180. The molecule has 1 unspecified atom stereocenters. The number of rotatable bonds is 6. The second kappa shape index (κ2) is 11.4. The molecule has 218 valence electrons. The van der Waals surface area contributed by atoms with Gasteiger partial charge in [-0.1, -0.05) is 0 Å². The number of aliphatic hydroxyl groups is 7. The molecule has 0 bridgehead atoms.